The molecule has 0 spiro atoms. The summed E-state index contributed by atoms with van der Waals surface area (Å²) in [5, 5.41) is 8.33. The Bertz CT molecular complexity index is 451. The minimum atomic E-state index is -0.942. The lowest BCUT2D eigenvalue weighted by Crippen LogP contribution is -1.84. The van der Waals surface area contributed by atoms with E-state index in [0.717, 1.165) is 11.6 Å². The summed E-state index contributed by atoms with van der Waals surface area (Å²) in [7, 11) is 0. The minimum Gasteiger partial charge on any atom is -0.478 e. The lowest BCUT2D eigenvalue weighted by atomic mass is 10.2. The topological polar surface area (TPSA) is 37.3 Å². The maximum absolute atomic E-state index is 10.1. The van der Waals surface area contributed by atoms with Crippen LogP contribution in [-0.4, -0.2) is 11.1 Å². The minimum absolute atomic E-state index is 0.942. The van der Waals surface area contributed by atoms with E-state index in [1.807, 2.05) is 54.6 Å². The molecule has 0 saturated carbocycles. The number of carboxylic acids is 1. The zero-order chi connectivity index (χ0) is 12.3. The third kappa shape index (κ3) is 6.68. The molecule has 0 heterocycles. The van der Waals surface area contributed by atoms with Crippen LogP contribution in [-0.2, 0) is 4.79 Å². The van der Waals surface area contributed by atoms with E-state index < -0.39 is 5.97 Å². The largest absolute Gasteiger partial charge is 0.478 e. The second-order valence-electron chi connectivity index (χ2n) is 3.24. The molecule has 0 saturated heterocycles. The van der Waals surface area contributed by atoms with Gasteiger partial charge >= 0.3 is 5.97 Å². The first-order chi connectivity index (χ1) is 8.29. The van der Waals surface area contributed by atoms with Gasteiger partial charge in [0.05, 0.1) is 0 Å². The van der Waals surface area contributed by atoms with Crippen LogP contribution in [0.1, 0.15) is 5.56 Å². The predicted octanol–water partition coefficient (Wildman–Crippen LogP) is 3.45. The average molecular weight is 226 g/mol. The van der Waals surface area contributed by atoms with Gasteiger partial charge in [-0.25, -0.2) is 4.79 Å². The van der Waals surface area contributed by atoms with Crippen LogP contribution in [0.4, 0.5) is 0 Å². The molecule has 2 heteroatoms. The summed E-state index contributed by atoms with van der Waals surface area (Å²) in [6.07, 6.45) is 13.7. The number of carboxylic acid groups (broad SMARTS) is 1. The fourth-order valence-corrected chi connectivity index (χ4v) is 1.13. The Balaban J connectivity index is 2.36. The highest BCUT2D eigenvalue weighted by Crippen LogP contribution is 2.00. The third-order valence-corrected chi connectivity index (χ3v) is 1.88. The molecule has 0 amide bonds. The molecular weight excluding hydrogens is 212 g/mol. The number of hydrogen-bond acceptors (Lipinski definition) is 1. The van der Waals surface area contributed by atoms with Crippen LogP contribution in [0.25, 0.3) is 6.08 Å². The normalized spacial score (nSPS) is 12.2. The number of rotatable bonds is 5. The van der Waals surface area contributed by atoms with Gasteiger partial charge in [-0.2, -0.15) is 0 Å². The van der Waals surface area contributed by atoms with Crippen molar-refractivity contribution < 1.29 is 9.90 Å². The Labute approximate surface area is 101 Å². The first-order valence-corrected chi connectivity index (χ1v) is 5.25. The van der Waals surface area contributed by atoms with E-state index in [2.05, 4.69) is 0 Å². The van der Waals surface area contributed by atoms with Crippen molar-refractivity contribution in [3.05, 3.63) is 78.4 Å². The zero-order valence-electron chi connectivity index (χ0n) is 9.36. The highest BCUT2D eigenvalue weighted by Gasteiger charge is 1.80. The monoisotopic (exact) mass is 226 g/mol. The molecule has 0 atom stereocenters. The Hall–Kier alpha value is -2.35. The number of hydrogen-bond donors (Lipinski definition) is 1. The van der Waals surface area contributed by atoms with Crippen LogP contribution in [0.5, 0.6) is 0 Å². The SMILES string of the molecule is O=C(O)C=CC=CC=CC=Cc1ccccc1. The molecule has 0 aliphatic rings. The van der Waals surface area contributed by atoms with Gasteiger partial charge in [0.2, 0.25) is 0 Å². The predicted molar refractivity (Wildman–Crippen MR) is 70.5 cm³/mol. The summed E-state index contributed by atoms with van der Waals surface area (Å²) in [6.45, 7) is 0. The van der Waals surface area contributed by atoms with E-state index in [1.165, 1.54) is 6.08 Å². The summed E-state index contributed by atoms with van der Waals surface area (Å²) in [4.78, 5) is 10.1. The van der Waals surface area contributed by atoms with E-state index in [-0.39, 0.29) is 0 Å². The van der Waals surface area contributed by atoms with Gasteiger partial charge in [-0.15, -0.1) is 0 Å². The molecule has 1 aromatic carbocycles. The van der Waals surface area contributed by atoms with Crippen molar-refractivity contribution in [3.63, 3.8) is 0 Å². The van der Waals surface area contributed by atoms with Crippen molar-refractivity contribution in [2.45, 2.75) is 0 Å². The van der Waals surface area contributed by atoms with E-state index in [9.17, 15) is 4.79 Å². The molecule has 0 aliphatic carbocycles. The maximum Gasteiger partial charge on any atom is 0.328 e. The molecule has 0 aromatic heterocycles. The van der Waals surface area contributed by atoms with Gasteiger partial charge in [0.25, 0.3) is 0 Å². The third-order valence-electron chi connectivity index (χ3n) is 1.88. The Morgan fingerprint density at radius 3 is 2.12 bits per heavy atom. The molecule has 0 unspecified atom stereocenters. The molecule has 17 heavy (non-hydrogen) atoms. The number of allylic oxidation sites excluding steroid dienone is 6. The van der Waals surface area contributed by atoms with Gasteiger partial charge in [-0.1, -0.05) is 72.9 Å². The van der Waals surface area contributed by atoms with Crippen molar-refractivity contribution in [1.82, 2.24) is 0 Å². The van der Waals surface area contributed by atoms with Crippen LogP contribution in [0.2, 0.25) is 0 Å². The highest BCUT2D eigenvalue weighted by atomic mass is 16.4. The molecule has 0 aliphatic heterocycles. The van der Waals surface area contributed by atoms with Gasteiger partial charge in [0.15, 0.2) is 0 Å². The molecule has 1 N–H and O–H groups in total. The number of benzene rings is 1. The first kappa shape index (κ1) is 12.7. The molecule has 0 bridgehead atoms. The summed E-state index contributed by atoms with van der Waals surface area (Å²) in [5.41, 5.74) is 1.15. The standard InChI is InChI=1S/C15H14O2/c16-15(17)13-9-4-2-1-3-6-10-14-11-7-5-8-12-14/h1-13H,(H,16,17). The molecule has 86 valence electrons. The first-order valence-electron chi connectivity index (χ1n) is 5.25. The smallest absolute Gasteiger partial charge is 0.328 e. The number of carbonyl (C=O) groups is 1. The summed E-state index contributed by atoms with van der Waals surface area (Å²) < 4.78 is 0. The van der Waals surface area contributed by atoms with Crippen molar-refractivity contribution in [3.8, 4) is 0 Å². The van der Waals surface area contributed by atoms with Crippen molar-refractivity contribution in [1.29, 1.82) is 0 Å². The van der Waals surface area contributed by atoms with E-state index in [0.29, 0.717) is 0 Å². The van der Waals surface area contributed by atoms with Crippen LogP contribution in [0.3, 0.4) is 0 Å². The fourth-order valence-electron chi connectivity index (χ4n) is 1.13. The Kier molecular flexibility index (Phi) is 5.89. The van der Waals surface area contributed by atoms with Crippen molar-refractivity contribution in [2.24, 2.45) is 0 Å². The molecular formula is C15H14O2. The average Bonchev–Trinajstić information content (AvgIpc) is 2.33. The van der Waals surface area contributed by atoms with E-state index in [1.54, 1.807) is 12.2 Å². The Morgan fingerprint density at radius 2 is 1.47 bits per heavy atom. The summed E-state index contributed by atoms with van der Waals surface area (Å²) >= 11 is 0. The molecule has 1 aromatic rings. The number of aliphatic carboxylic acids is 1. The summed E-state index contributed by atoms with van der Waals surface area (Å²) in [5.74, 6) is -0.942. The fraction of sp³-hybridized carbons (Fsp3) is 0. The van der Waals surface area contributed by atoms with Crippen LogP contribution in [0, 0.1) is 0 Å². The van der Waals surface area contributed by atoms with Crippen LogP contribution >= 0.6 is 0 Å². The Morgan fingerprint density at radius 1 is 0.882 bits per heavy atom. The quantitative estimate of drug-likeness (QED) is 0.616. The van der Waals surface area contributed by atoms with Crippen molar-refractivity contribution >= 4 is 12.0 Å². The van der Waals surface area contributed by atoms with Gasteiger partial charge in [-0.3, -0.25) is 0 Å². The molecule has 2 nitrogen and oxygen atoms in total. The van der Waals surface area contributed by atoms with Gasteiger partial charge < -0.3 is 5.11 Å². The zero-order valence-corrected chi connectivity index (χ0v) is 9.36. The van der Waals surface area contributed by atoms with E-state index in [4.69, 9.17) is 5.11 Å². The molecule has 1 rings (SSSR count). The molecule has 0 radical (unpaired) electrons. The van der Waals surface area contributed by atoms with Gasteiger partial charge in [-0.05, 0) is 5.56 Å². The van der Waals surface area contributed by atoms with Crippen LogP contribution < -0.4 is 0 Å². The lowest BCUT2D eigenvalue weighted by Gasteiger charge is -1.87. The second-order valence-corrected chi connectivity index (χ2v) is 3.24. The molecule has 0 fully saturated rings. The van der Waals surface area contributed by atoms with Gasteiger partial charge in [0, 0.05) is 6.08 Å². The van der Waals surface area contributed by atoms with Crippen LogP contribution in [0.15, 0.2) is 72.9 Å². The lowest BCUT2D eigenvalue weighted by molar-refractivity contribution is -0.131. The van der Waals surface area contributed by atoms with Crippen molar-refractivity contribution in [2.75, 3.05) is 0 Å². The second kappa shape index (κ2) is 7.88. The summed E-state index contributed by atoms with van der Waals surface area (Å²) in [6, 6.07) is 10.00. The highest BCUT2D eigenvalue weighted by molar-refractivity contribution is 5.80. The van der Waals surface area contributed by atoms with Gasteiger partial charge in [0.1, 0.15) is 0 Å². The maximum atomic E-state index is 10.1. The van der Waals surface area contributed by atoms with E-state index >= 15 is 0 Å².